The van der Waals surface area contributed by atoms with Crippen LogP contribution in [0.1, 0.15) is 6.42 Å². The first kappa shape index (κ1) is 20.1. The lowest BCUT2D eigenvalue weighted by atomic mass is 10.1. The van der Waals surface area contributed by atoms with Gasteiger partial charge in [-0.1, -0.05) is 36.4 Å². The van der Waals surface area contributed by atoms with Crippen molar-refractivity contribution in [3.05, 3.63) is 66.9 Å². The number of benzene rings is 3. The van der Waals surface area contributed by atoms with Crippen molar-refractivity contribution >= 4 is 43.3 Å². The minimum atomic E-state index is -3.93. The first-order valence-corrected chi connectivity index (χ1v) is 11.0. The molecule has 0 aliphatic rings. The molecule has 0 radical (unpaired) electrons. The van der Waals surface area contributed by atoms with Crippen LogP contribution < -0.4 is 5.32 Å². The molecule has 0 aliphatic heterocycles. The molecule has 0 spiro atoms. The summed E-state index contributed by atoms with van der Waals surface area (Å²) in [4.78, 5) is 14.3. The summed E-state index contributed by atoms with van der Waals surface area (Å²) in [6, 6.07) is 17.6. The SMILES string of the molecule is CN(C)CCC(=O)Nc1ccc2cnn(S(=O)(=O)c3cccc4ccccc34)c2c1. The van der Waals surface area contributed by atoms with E-state index >= 15 is 0 Å². The van der Waals surface area contributed by atoms with Gasteiger partial charge >= 0.3 is 0 Å². The molecule has 0 bridgehead atoms. The third-order valence-corrected chi connectivity index (χ3v) is 6.52. The molecule has 0 fully saturated rings. The molecule has 0 saturated heterocycles. The Bertz CT molecular complexity index is 1340. The van der Waals surface area contributed by atoms with Crippen LogP contribution in [-0.2, 0) is 14.8 Å². The number of nitrogens with zero attached hydrogens (tertiary/aromatic N) is 3. The molecule has 4 aromatic rings. The van der Waals surface area contributed by atoms with Gasteiger partial charge in [0.15, 0.2) is 0 Å². The van der Waals surface area contributed by atoms with Gasteiger partial charge in [-0.25, -0.2) is 0 Å². The van der Waals surface area contributed by atoms with Crippen LogP contribution in [0.4, 0.5) is 5.69 Å². The summed E-state index contributed by atoms with van der Waals surface area (Å²) in [6.45, 7) is 0.626. The van der Waals surface area contributed by atoms with E-state index in [0.717, 1.165) is 9.47 Å². The Morgan fingerprint density at radius 1 is 1.03 bits per heavy atom. The van der Waals surface area contributed by atoms with Gasteiger partial charge in [-0.05, 0) is 43.7 Å². The molecule has 154 valence electrons. The Morgan fingerprint density at radius 2 is 1.80 bits per heavy atom. The van der Waals surface area contributed by atoms with Crippen molar-refractivity contribution < 1.29 is 13.2 Å². The van der Waals surface area contributed by atoms with Gasteiger partial charge in [-0.3, -0.25) is 4.79 Å². The van der Waals surface area contributed by atoms with Crippen molar-refractivity contribution in [1.29, 1.82) is 0 Å². The molecule has 1 amide bonds. The second kappa shape index (κ2) is 7.89. The molecule has 4 rings (SSSR count). The summed E-state index contributed by atoms with van der Waals surface area (Å²) >= 11 is 0. The standard InChI is InChI=1S/C22H22N4O3S/c1-25(2)13-12-22(27)24-18-11-10-17-15-23-26(20(17)14-18)30(28,29)21-9-5-7-16-6-3-4-8-19(16)21/h3-11,14-15H,12-13H2,1-2H3,(H,24,27). The van der Waals surface area contributed by atoms with Crippen molar-refractivity contribution in [3.63, 3.8) is 0 Å². The zero-order valence-corrected chi connectivity index (χ0v) is 17.6. The molecule has 1 N–H and O–H groups in total. The maximum Gasteiger partial charge on any atom is 0.284 e. The van der Waals surface area contributed by atoms with E-state index in [0.29, 0.717) is 34.9 Å². The highest BCUT2D eigenvalue weighted by Crippen LogP contribution is 2.28. The molecular formula is C22H22N4O3S. The topological polar surface area (TPSA) is 84.3 Å². The van der Waals surface area contributed by atoms with Gasteiger partial charge in [0.2, 0.25) is 5.91 Å². The van der Waals surface area contributed by atoms with Crippen molar-refractivity contribution in [2.45, 2.75) is 11.3 Å². The zero-order valence-electron chi connectivity index (χ0n) is 16.7. The number of carbonyl (C=O) groups is 1. The van der Waals surface area contributed by atoms with Crippen molar-refractivity contribution in [2.75, 3.05) is 26.0 Å². The lowest BCUT2D eigenvalue weighted by Crippen LogP contribution is -2.20. The molecule has 0 unspecified atom stereocenters. The molecule has 0 saturated carbocycles. The van der Waals surface area contributed by atoms with Gasteiger partial charge in [0.05, 0.1) is 16.6 Å². The molecule has 7 nitrogen and oxygen atoms in total. The summed E-state index contributed by atoms with van der Waals surface area (Å²) in [6.07, 6.45) is 1.86. The molecular weight excluding hydrogens is 400 g/mol. The van der Waals surface area contributed by atoms with Gasteiger partial charge in [0.1, 0.15) is 0 Å². The van der Waals surface area contributed by atoms with Crippen LogP contribution in [0.2, 0.25) is 0 Å². The van der Waals surface area contributed by atoms with Gasteiger partial charge in [0.25, 0.3) is 10.0 Å². The number of aromatic nitrogens is 2. The van der Waals surface area contributed by atoms with Crippen LogP contribution in [0.3, 0.4) is 0 Å². The number of nitrogens with one attached hydrogen (secondary N) is 1. The van der Waals surface area contributed by atoms with Gasteiger partial charge in [0, 0.05) is 29.4 Å². The predicted molar refractivity (Wildman–Crippen MR) is 118 cm³/mol. The Kier molecular flexibility index (Phi) is 5.27. The number of hydrogen-bond acceptors (Lipinski definition) is 5. The molecule has 3 aromatic carbocycles. The maximum atomic E-state index is 13.4. The summed E-state index contributed by atoms with van der Waals surface area (Å²) in [5.41, 5.74) is 0.939. The van der Waals surface area contributed by atoms with Gasteiger partial charge in [-0.2, -0.15) is 17.6 Å². The maximum absolute atomic E-state index is 13.4. The third kappa shape index (κ3) is 3.79. The predicted octanol–water partition coefficient (Wildman–Crippen LogP) is 3.32. The number of carbonyl (C=O) groups excluding carboxylic acids is 1. The largest absolute Gasteiger partial charge is 0.326 e. The number of fused-ring (bicyclic) bond motifs is 2. The Morgan fingerprint density at radius 3 is 2.60 bits per heavy atom. The molecule has 0 atom stereocenters. The highest BCUT2D eigenvalue weighted by molar-refractivity contribution is 7.90. The van der Waals surface area contributed by atoms with Crippen LogP contribution in [0.15, 0.2) is 71.8 Å². The van der Waals surface area contributed by atoms with Gasteiger partial charge in [-0.15, -0.1) is 0 Å². The van der Waals surface area contributed by atoms with E-state index in [2.05, 4.69) is 10.4 Å². The van der Waals surface area contributed by atoms with E-state index in [1.165, 1.54) is 6.20 Å². The van der Waals surface area contributed by atoms with Crippen LogP contribution in [-0.4, -0.2) is 49.1 Å². The molecule has 1 aromatic heterocycles. The summed E-state index contributed by atoms with van der Waals surface area (Å²) in [5, 5.41) is 9.11. The smallest absolute Gasteiger partial charge is 0.284 e. The summed E-state index contributed by atoms with van der Waals surface area (Å²) in [5.74, 6) is -0.133. The second-order valence-electron chi connectivity index (χ2n) is 7.34. The zero-order chi connectivity index (χ0) is 21.3. The number of rotatable bonds is 6. The monoisotopic (exact) mass is 422 g/mol. The lowest BCUT2D eigenvalue weighted by molar-refractivity contribution is -0.116. The molecule has 30 heavy (non-hydrogen) atoms. The van der Waals surface area contributed by atoms with E-state index in [4.69, 9.17) is 0 Å². The Labute approximate surface area is 175 Å². The normalized spacial score (nSPS) is 12.0. The number of amides is 1. The number of hydrogen-bond donors (Lipinski definition) is 1. The van der Waals surface area contributed by atoms with Crippen molar-refractivity contribution in [3.8, 4) is 0 Å². The van der Waals surface area contributed by atoms with Crippen LogP contribution in [0.5, 0.6) is 0 Å². The minimum Gasteiger partial charge on any atom is -0.326 e. The quantitative estimate of drug-likeness (QED) is 0.515. The average Bonchev–Trinajstić information content (AvgIpc) is 3.16. The molecule has 0 aliphatic carbocycles. The van der Waals surface area contributed by atoms with E-state index in [1.807, 2.05) is 43.3 Å². The minimum absolute atomic E-state index is 0.133. The lowest BCUT2D eigenvalue weighted by Gasteiger charge is -2.11. The molecule has 8 heteroatoms. The van der Waals surface area contributed by atoms with Crippen LogP contribution >= 0.6 is 0 Å². The first-order valence-electron chi connectivity index (χ1n) is 9.52. The Balaban J connectivity index is 1.74. The average molecular weight is 423 g/mol. The van der Waals surface area contributed by atoms with E-state index in [-0.39, 0.29) is 10.8 Å². The van der Waals surface area contributed by atoms with E-state index in [1.54, 1.807) is 36.4 Å². The highest BCUT2D eigenvalue weighted by Gasteiger charge is 2.23. The fourth-order valence-corrected chi connectivity index (χ4v) is 4.82. The second-order valence-corrected chi connectivity index (χ2v) is 9.08. The molecule has 1 heterocycles. The first-order chi connectivity index (χ1) is 14.4. The number of anilines is 1. The van der Waals surface area contributed by atoms with Gasteiger partial charge < -0.3 is 10.2 Å². The van der Waals surface area contributed by atoms with Crippen molar-refractivity contribution in [1.82, 2.24) is 14.1 Å². The van der Waals surface area contributed by atoms with E-state index in [9.17, 15) is 13.2 Å². The third-order valence-electron chi connectivity index (χ3n) is 4.86. The van der Waals surface area contributed by atoms with Crippen LogP contribution in [0, 0.1) is 0 Å². The van der Waals surface area contributed by atoms with E-state index < -0.39 is 10.0 Å². The fourth-order valence-electron chi connectivity index (χ4n) is 3.33. The fraction of sp³-hybridized carbons (Fsp3) is 0.182. The summed E-state index contributed by atoms with van der Waals surface area (Å²) in [7, 11) is -0.132. The van der Waals surface area contributed by atoms with Crippen molar-refractivity contribution in [2.24, 2.45) is 0 Å². The van der Waals surface area contributed by atoms with Crippen LogP contribution in [0.25, 0.3) is 21.7 Å². The highest BCUT2D eigenvalue weighted by atomic mass is 32.2. The Hall–Kier alpha value is -3.23. The summed E-state index contributed by atoms with van der Waals surface area (Å²) < 4.78 is 27.9.